The van der Waals surface area contributed by atoms with Crippen LogP contribution >= 0.6 is 0 Å². The van der Waals surface area contributed by atoms with E-state index in [-0.39, 0.29) is 5.69 Å². The van der Waals surface area contributed by atoms with Gasteiger partial charge in [0, 0.05) is 6.54 Å². The van der Waals surface area contributed by atoms with Gasteiger partial charge < -0.3 is 15.3 Å². The molecule has 0 bridgehead atoms. The topological polar surface area (TPSA) is 116 Å². The Kier molecular flexibility index (Phi) is 2.61. The van der Waals surface area contributed by atoms with Gasteiger partial charge >= 0.3 is 11.7 Å². The second-order valence-corrected chi connectivity index (χ2v) is 3.29. The first-order valence-electron chi connectivity index (χ1n) is 4.64. The maximum atomic E-state index is 11.0. The Morgan fingerprint density at radius 2 is 2.06 bits per heavy atom. The largest absolute Gasteiger partial charge is 0.333 e. The van der Waals surface area contributed by atoms with Crippen molar-refractivity contribution >= 4 is 17.1 Å². The number of H-pyrrole nitrogens is 2. The highest BCUT2D eigenvalue weighted by atomic mass is 16.2. The van der Waals surface area contributed by atoms with E-state index in [1.165, 1.54) is 0 Å². The van der Waals surface area contributed by atoms with Crippen LogP contribution in [-0.2, 0) is 6.54 Å². The van der Waals surface area contributed by atoms with Gasteiger partial charge in [0.15, 0.2) is 0 Å². The molecule has 1 heterocycles. The molecule has 0 radical (unpaired) electrons. The lowest BCUT2D eigenvalue weighted by Crippen LogP contribution is -2.39. The monoisotopic (exact) mass is 221 g/mol. The third-order valence-corrected chi connectivity index (χ3v) is 2.16. The maximum Gasteiger partial charge on any atom is 0.329 e. The fourth-order valence-electron chi connectivity index (χ4n) is 1.42. The zero-order valence-corrected chi connectivity index (χ0v) is 8.33. The highest BCUT2D eigenvalue weighted by Gasteiger charge is 2.01. The molecule has 0 saturated heterocycles. The summed E-state index contributed by atoms with van der Waals surface area (Å²) in [6.07, 6.45) is 0. The Morgan fingerprint density at radius 3 is 2.81 bits per heavy atom. The average molecular weight is 221 g/mol. The summed E-state index contributed by atoms with van der Waals surface area (Å²) in [6.45, 7) is 0.339. The van der Waals surface area contributed by atoms with Gasteiger partial charge in [0.2, 0.25) is 0 Å². The molecule has 7 heteroatoms. The van der Waals surface area contributed by atoms with Crippen molar-refractivity contribution in [3.63, 3.8) is 0 Å². The zero-order valence-electron chi connectivity index (χ0n) is 8.33. The number of fused-ring (bicyclic) bond motifs is 1. The Balaban J connectivity index is 2.19. The summed E-state index contributed by atoms with van der Waals surface area (Å²) in [6, 6.07) is 4.90. The molecule has 7 nitrogen and oxygen atoms in total. The molecule has 1 aromatic carbocycles. The van der Waals surface area contributed by atoms with E-state index in [9.17, 15) is 9.59 Å². The number of carbonyl (C=O) groups excluding carboxylic acids is 1. The molecular formula is C9H11N5O2. The van der Waals surface area contributed by atoms with Crippen LogP contribution in [0.5, 0.6) is 0 Å². The van der Waals surface area contributed by atoms with Gasteiger partial charge in [-0.1, -0.05) is 6.07 Å². The number of carbonyl (C=O) groups is 1. The molecule has 6 N–H and O–H groups in total. The number of rotatable bonds is 2. The molecular weight excluding hydrogens is 210 g/mol. The maximum absolute atomic E-state index is 11.0. The van der Waals surface area contributed by atoms with E-state index in [0.717, 1.165) is 11.1 Å². The molecule has 84 valence electrons. The van der Waals surface area contributed by atoms with Gasteiger partial charge in [0.05, 0.1) is 11.0 Å². The summed E-state index contributed by atoms with van der Waals surface area (Å²) >= 11 is 0. The summed E-state index contributed by atoms with van der Waals surface area (Å²) in [5, 5.41) is 2.54. The molecule has 2 aromatic rings. The van der Waals surface area contributed by atoms with Gasteiger partial charge in [-0.2, -0.15) is 0 Å². The van der Waals surface area contributed by atoms with Gasteiger partial charge in [-0.15, -0.1) is 0 Å². The summed E-state index contributed by atoms with van der Waals surface area (Å²) in [5.41, 5.74) is 4.02. The number of hydrazine groups is 1. The number of nitrogens with one attached hydrogen (secondary N) is 4. The fourth-order valence-corrected chi connectivity index (χ4v) is 1.42. The third-order valence-electron chi connectivity index (χ3n) is 2.16. The molecule has 16 heavy (non-hydrogen) atoms. The minimum Gasteiger partial charge on any atom is -0.333 e. The SMILES string of the molecule is NNC(=O)NCc1ccc2[nH]c(=O)[nH]c2c1. The Hall–Kier alpha value is -2.28. The van der Waals surface area contributed by atoms with Crippen LogP contribution in [0.4, 0.5) is 4.79 Å². The average Bonchev–Trinajstić information content (AvgIpc) is 2.65. The van der Waals surface area contributed by atoms with E-state index < -0.39 is 6.03 Å². The number of aromatic amines is 2. The van der Waals surface area contributed by atoms with Crippen molar-refractivity contribution in [2.24, 2.45) is 5.84 Å². The lowest BCUT2D eigenvalue weighted by Gasteiger charge is -2.03. The number of benzene rings is 1. The van der Waals surface area contributed by atoms with Crippen LogP contribution in [-0.4, -0.2) is 16.0 Å². The van der Waals surface area contributed by atoms with Crippen molar-refractivity contribution in [1.82, 2.24) is 20.7 Å². The van der Waals surface area contributed by atoms with E-state index in [4.69, 9.17) is 5.84 Å². The molecule has 0 unspecified atom stereocenters. The van der Waals surface area contributed by atoms with Crippen molar-refractivity contribution in [3.8, 4) is 0 Å². The van der Waals surface area contributed by atoms with Crippen LogP contribution in [0.1, 0.15) is 5.56 Å². The molecule has 0 aliphatic heterocycles. The second kappa shape index (κ2) is 4.07. The first-order valence-corrected chi connectivity index (χ1v) is 4.64. The van der Waals surface area contributed by atoms with Crippen molar-refractivity contribution in [2.75, 3.05) is 0 Å². The fraction of sp³-hybridized carbons (Fsp3) is 0.111. The van der Waals surface area contributed by atoms with Crippen LogP contribution in [0, 0.1) is 0 Å². The van der Waals surface area contributed by atoms with Crippen molar-refractivity contribution in [2.45, 2.75) is 6.54 Å². The molecule has 0 aliphatic carbocycles. The number of nitrogens with two attached hydrogens (primary N) is 1. The first kappa shape index (κ1) is 10.2. The van der Waals surface area contributed by atoms with E-state index in [2.05, 4.69) is 15.3 Å². The summed E-state index contributed by atoms with van der Waals surface area (Å²) < 4.78 is 0. The molecule has 2 rings (SSSR count). The summed E-state index contributed by atoms with van der Waals surface area (Å²) in [7, 11) is 0. The zero-order chi connectivity index (χ0) is 11.5. The van der Waals surface area contributed by atoms with Crippen LogP contribution in [0.3, 0.4) is 0 Å². The molecule has 0 spiro atoms. The molecule has 0 aliphatic rings. The van der Waals surface area contributed by atoms with Crippen molar-refractivity contribution in [3.05, 3.63) is 34.2 Å². The van der Waals surface area contributed by atoms with Crippen LogP contribution in [0.25, 0.3) is 11.0 Å². The molecule has 2 amide bonds. The molecule has 0 atom stereocenters. The lowest BCUT2D eigenvalue weighted by atomic mass is 10.2. The van der Waals surface area contributed by atoms with Crippen LogP contribution in [0.2, 0.25) is 0 Å². The van der Waals surface area contributed by atoms with E-state index in [0.29, 0.717) is 12.1 Å². The highest BCUT2D eigenvalue weighted by Crippen LogP contribution is 2.09. The van der Waals surface area contributed by atoms with Gasteiger partial charge in [-0.05, 0) is 17.7 Å². The predicted octanol–water partition coefficient (Wildman–Crippen LogP) is -0.471. The van der Waals surface area contributed by atoms with Gasteiger partial charge in [0.1, 0.15) is 0 Å². The Morgan fingerprint density at radius 1 is 1.31 bits per heavy atom. The highest BCUT2D eigenvalue weighted by molar-refractivity contribution is 5.76. The number of hydrogen-bond acceptors (Lipinski definition) is 3. The van der Waals surface area contributed by atoms with E-state index >= 15 is 0 Å². The normalized spacial score (nSPS) is 10.3. The standard InChI is InChI=1S/C9H11N5O2/c10-14-8(15)11-4-5-1-2-6-7(3-5)13-9(16)12-6/h1-3H,4,10H2,(H2,11,14,15)(H2,12,13,16). The number of aromatic nitrogens is 2. The second-order valence-electron chi connectivity index (χ2n) is 3.29. The number of urea groups is 1. The molecule has 1 aromatic heterocycles. The van der Waals surface area contributed by atoms with Crippen LogP contribution in [0.15, 0.2) is 23.0 Å². The third kappa shape index (κ3) is 2.04. The number of amides is 2. The summed E-state index contributed by atoms with van der Waals surface area (Å²) in [5.74, 6) is 4.92. The quantitative estimate of drug-likeness (QED) is 0.268. The molecule has 0 fully saturated rings. The number of hydrogen-bond donors (Lipinski definition) is 5. The van der Waals surface area contributed by atoms with Gasteiger partial charge in [-0.3, -0.25) is 5.43 Å². The summed E-state index contributed by atoms with van der Waals surface area (Å²) in [4.78, 5) is 27.1. The molecule has 0 saturated carbocycles. The van der Waals surface area contributed by atoms with Gasteiger partial charge in [-0.25, -0.2) is 15.4 Å². The first-order chi connectivity index (χ1) is 7.69. The Labute approximate surface area is 90.0 Å². The Bertz CT molecular complexity index is 571. The smallest absolute Gasteiger partial charge is 0.329 e. The van der Waals surface area contributed by atoms with Crippen molar-refractivity contribution < 1.29 is 4.79 Å². The minimum atomic E-state index is -0.456. The minimum absolute atomic E-state index is 0.250. The van der Waals surface area contributed by atoms with Crippen LogP contribution < -0.4 is 22.3 Å². The van der Waals surface area contributed by atoms with Crippen molar-refractivity contribution in [1.29, 1.82) is 0 Å². The van der Waals surface area contributed by atoms with E-state index in [1.54, 1.807) is 12.1 Å². The lowest BCUT2D eigenvalue weighted by molar-refractivity contribution is 0.241. The van der Waals surface area contributed by atoms with E-state index in [1.807, 2.05) is 11.5 Å². The predicted molar refractivity (Wildman–Crippen MR) is 58.5 cm³/mol. The number of imidazole rings is 1. The van der Waals surface area contributed by atoms with Gasteiger partial charge in [0.25, 0.3) is 0 Å².